The lowest BCUT2D eigenvalue weighted by molar-refractivity contribution is -0.143. The zero-order valence-electron chi connectivity index (χ0n) is 32.2. The molecule has 1 aromatic carbocycles. The van der Waals surface area contributed by atoms with Crippen LogP contribution in [0.25, 0.3) is 0 Å². The Kier molecular flexibility index (Phi) is 31.9. The summed E-state index contributed by atoms with van der Waals surface area (Å²) in [6.07, 6.45) is 58.2. The van der Waals surface area contributed by atoms with Crippen molar-refractivity contribution in [2.24, 2.45) is 0 Å². The molecule has 0 spiro atoms. The van der Waals surface area contributed by atoms with E-state index >= 15 is 0 Å². The summed E-state index contributed by atoms with van der Waals surface area (Å²) in [7, 11) is 0. The van der Waals surface area contributed by atoms with Gasteiger partial charge in [-0.05, 0) is 108 Å². The predicted molar refractivity (Wildman–Crippen MR) is 223 cm³/mol. The molecule has 0 amide bonds. The van der Waals surface area contributed by atoms with Gasteiger partial charge in [0.1, 0.15) is 5.75 Å². The normalized spacial score (nSPS) is 12.8. The predicted octanol–water partition coefficient (Wildman–Crippen LogP) is 13.5. The Bertz CT molecular complexity index is 1330. The van der Waals surface area contributed by atoms with Gasteiger partial charge in [-0.3, -0.25) is 9.59 Å². The average Bonchev–Trinajstić information content (AvgIpc) is 3.15. The third-order valence-electron chi connectivity index (χ3n) is 7.63. The van der Waals surface area contributed by atoms with Crippen LogP contribution in [-0.2, 0) is 20.7 Å². The Morgan fingerprint density at radius 3 is 1.19 bits per heavy atom. The van der Waals surface area contributed by atoms with E-state index in [1.165, 1.54) is 0 Å². The third-order valence-corrected chi connectivity index (χ3v) is 7.63. The molecule has 0 aliphatic heterocycles. The van der Waals surface area contributed by atoms with Crippen molar-refractivity contribution in [1.82, 2.24) is 0 Å². The summed E-state index contributed by atoms with van der Waals surface area (Å²) in [4.78, 5) is 24.3. The Balaban J connectivity index is 2.05. The summed E-state index contributed by atoms with van der Waals surface area (Å²) in [6.45, 7) is 4.64. The minimum atomic E-state index is -0.224. The van der Waals surface area contributed by atoms with Crippen molar-refractivity contribution >= 4 is 11.9 Å². The van der Waals surface area contributed by atoms with E-state index < -0.39 is 0 Å². The van der Waals surface area contributed by atoms with E-state index in [9.17, 15) is 9.59 Å². The molecule has 0 radical (unpaired) electrons. The van der Waals surface area contributed by atoms with Gasteiger partial charge in [-0.25, -0.2) is 0 Å². The van der Waals surface area contributed by atoms with Crippen molar-refractivity contribution in [2.45, 2.75) is 123 Å². The van der Waals surface area contributed by atoms with Crippen LogP contribution in [0.4, 0.5) is 0 Å². The molecule has 0 saturated heterocycles. The molecule has 0 heterocycles. The Morgan fingerprint density at radius 2 is 0.808 bits per heavy atom. The van der Waals surface area contributed by atoms with Gasteiger partial charge in [-0.15, -0.1) is 0 Å². The van der Waals surface area contributed by atoms with Crippen LogP contribution >= 0.6 is 0 Å². The van der Waals surface area contributed by atoms with Gasteiger partial charge in [0.25, 0.3) is 0 Å². The van der Waals surface area contributed by atoms with Crippen molar-refractivity contribution in [3.63, 3.8) is 0 Å². The number of hydrogen-bond donors (Lipinski definition) is 0. The number of unbranched alkanes of at least 4 members (excludes halogenated alkanes) is 2. The van der Waals surface area contributed by atoms with Gasteiger partial charge in [-0.2, -0.15) is 0 Å². The van der Waals surface area contributed by atoms with Crippen LogP contribution in [0.3, 0.4) is 0 Å². The molecule has 0 aliphatic rings. The SMILES string of the molecule is CC/C=C\C/C=C\C/C=C\C/C=C\C/C=C\CCCC(=O)OCCc1ccc(OC(=O)CCC/C=C\C/C=C\C/C=C\C/C=C\C/C=C\CC)cc1. The smallest absolute Gasteiger partial charge is 0.311 e. The molecule has 4 heteroatoms. The highest BCUT2D eigenvalue weighted by Gasteiger charge is 2.06. The van der Waals surface area contributed by atoms with Crippen LogP contribution in [-0.4, -0.2) is 18.5 Å². The molecule has 1 rings (SSSR count). The molecule has 0 aliphatic carbocycles. The largest absolute Gasteiger partial charge is 0.465 e. The van der Waals surface area contributed by atoms with Gasteiger partial charge in [0.05, 0.1) is 6.61 Å². The number of esters is 2. The molecule has 0 atom stereocenters. The standard InChI is InChI=1S/C48H66O4/c1-3-5-7-9-11-13-15-17-19-21-23-25-27-29-31-33-35-37-47(49)51-44-43-45-39-41-46(42-40-45)52-48(50)38-36-34-32-30-28-26-24-22-20-18-16-14-12-10-8-6-4-2/h5-8,11-14,17-20,23-26,29-32,39-42H,3-4,9-10,15-16,21-22,27-28,33-38,43-44H2,1-2H3/b7-5-,8-6-,13-11-,14-12-,19-17-,20-18-,25-23-,26-24-,31-29-,32-30-. The van der Waals surface area contributed by atoms with Crippen LogP contribution in [0.1, 0.15) is 122 Å². The topological polar surface area (TPSA) is 52.6 Å². The van der Waals surface area contributed by atoms with E-state index in [1.54, 1.807) is 12.1 Å². The first kappa shape index (κ1) is 45.6. The fraction of sp³-hybridized carbons (Fsp3) is 0.417. The van der Waals surface area contributed by atoms with Crippen LogP contribution in [0.2, 0.25) is 0 Å². The molecule has 0 saturated carbocycles. The summed E-state index contributed by atoms with van der Waals surface area (Å²) in [5.41, 5.74) is 1.03. The van der Waals surface area contributed by atoms with E-state index in [1.807, 2.05) is 12.1 Å². The number of allylic oxidation sites excluding steroid dienone is 20. The fourth-order valence-corrected chi connectivity index (χ4v) is 4.73. The van der Waals surface area contributed by atoms with E-state index in [0.717, 1.165) is 95.5 Å². The van der Waals surface area contributed by atoms with Gasteiger partial charge < -0.3 is 9.47 Å². The summed E-state index contributed by atoms with van der Waals surface area (Å²) >= 11 is 0. The molecule has 0 unspecified atom stereocenters. The monoisotopic (exact) mass is 706 g/mol. The quantitative estimate of drug-likeness (QED) is 0.0346. The first-order valence-corrected chi connectivity index (χ1v) is 19.6. The first-order valence-electron chi connectivity index (χ1n) is 19.6. The van der Waals surface area contributed by atoms with E-state index in [0.29, 0.717) is 31.6 Å². The van der Waals surface area contributed by atoms with Crippen molar-refractivity contribution in [3.8, 4) is 5.75 Å². The summed E-state index contributed by atoms with van der Waals surface area (Å²) in [6, 6.07) is 7.41. The number of rotatable bonds is 30. The Morgan fingerprint density at radius 1 is 0.462 bits per heavy atom. The van der Waals surface area contributed by atoms with Crippen LogP contribution < -0.4 is 4.74 Å². The molecule has 0 bridgehead atoms. The number of carbonyl (C=O) groups excluding carboxylic acids is 2. The van der Waals surface area contributed by atoms with E-state index in [-0.39, 0.29) is 11.9 Å². The van der Waals surface area contributed by atoms with Gasteiger partial charge in [0.15, 0.2) is 0 Å². The zero-order valence-corrected chi connectivity index (χ0v) is 32.2. The number of hydrogen-bond acceptors (Lipinski definition) is 4. The van der Waals surface area contributed by atoms with Gasteiger partial charge >= 0.3 is 11.9 Å². The highest BCUT2D eigenvalue weighted by molar-refractivity contribution is 5.72. The van der Waals surface area contributed by atoms with Crippen LogP contribution in [0, 0.1) is 0 Å². The van der Waals surface area contributed by atoms with Crippen molar-refractivity contribution in [1.29, 1.82) is 0 Å². The zero-order chi connectivity index (χ0) is 37.4. The number of benzene rings is 1. The van der Waals surface area contributed by atoms with Crippen molar-refractivity contribution < 1.29 is 19.1 Å². The molecule has 282 valence electrons. The lowest BCUT2D eigenvalue weighted by atomic mass is 10.1. The fourth-order valence-electron chi connectivity index (χ4n) is 4.73. The van der Waals surface area contributed by atoms with Gasteiger partial charge in [-0.1, -0.05) is 148 Å². The molecule has 0 N–H and O–H groups in total. The molecule has 52 heavy (non-hydrogen) atoms. The Labute approximate surface area is 316 Å². The minimum absolute atomic E-state index is 0.164. The second-order valence-electron chi connectivity index (χ2n) is 12.3. The highest BCUT2D eigenvalue weighted by atomic mass is 16.5. The van der Waals surface area contributed by atoms with E-state index in [2.05, 4.69) is 135 Å². The second kappa shape index (κ2) is 36.4. The van der Waals surface area contributed by atoms with Crippen LogP contribution in [0.15, 0.2) is 146 Å². The second-order valence-corrected chi connectivity index (χ2v) is 12.3. The van der Waals surface area contributed by atoms with E-state index in [4.69, 9.17) is 9.47 Å². The third kappa shape index (κ3) is 31.5. The molecule has 1 aromatic rings. The maximum Gasteiger partial charge on any atom is 0.311 e. The molecular weight excluding hydrogens is 641 g/mol. The Hall–Kier alpha value is -4.44. The lowest BCUT2D eigenvalue weighted by Gasteiger charge is -2.07. The number of carbonyl (C=O) groups is 2. The molecular formula is C48H66O4. The highest BCUT2D eigenvalue weighted by Crippen LogP contribution is 2.14. The minimum Gasteiger partial charge on any atom is -0.465 e. The lowest BCUT2D eigenvalue weighted by Crippen LogP contribution is -2.08. The summed E-state index contributed by atoms with van der Waals surface area (Å²) in [5.74, 6) is 0.150. The molecule has 0 aromatic heterocycles. The average molecular weight is 707 g/mol. The maximum absolute atomic E-state index is 12.2. The summed E-state index contributed by atoms with van der Waals surface area (Å²) < 4.78 is 10.9. The number of ether oxygens (including phenoxy) is 2. The maximum atomic E-state index is 12.2. The van der Waals surface area contributed by atoms with Crippen molar-refractivity contribution in [3.05, 3.63) is 151 Å². The van der Waals surface area contributed by atoms with Crippen molar-refractivity contribution in [2.75, 3.05) is 6.61 Å². The summed E-state index contributed by atoms with van der Waals surface area (Å²) in [5, 5.41) is 0. The van der Waals surface area contributed by atoms with Gasteiger partial charge in [0.2, 0.25) is 0 Å². The molecule has 4 nitrogen and oxygen atoms in total. The molecule has 0 fully saturated rings. The first-order chi connectivity index (χ1) is 25.7. The van der Waals surface area contributed by atoms with Crippen LogP contribution in [0.5, 0.6) is 5.75 Å². The van der Waals surface area contributed by atoms with Gasteiger partial charge in [0, 0.05) is 19.3 Å².